The summed E-state index contributed by atoms with van der Waals surface area (Å²) in [6.45, 7) is 6.33. The predicted octanol–water partition coefficient (Wildman–Crippen LogP) is 1.57. The number of benzene rings is 2. The lowest BCUT2D eigenvalue weighted by Gasteiger charge is -2.37. The standard InChI is InChI=1S/C24H31N5O5S/c1-3-34-21-10-6-19(7-11-21)27-35(32,33)23-16-22(25-26-23)24(31)29-14-12-28(13-15-29)20-8-4-18(5-9-20)17(2)30/h4-11,22-23,25-27H,3,12-16H2,1-2H3. The number of amides is 1. The number of anilines is 2. The molecule has 2 heterocycles. The normalized spacial score (nSPS) is 20.5. The van der Waals surface area contributed by atoms with Gasteiger partial charge in [0.25, 0.3) is 0 Å². The van der Waals surface area contributed by atoms with Crippen LogP contribution in [0.15, 0.2) is 48.5 Å². The van der Waals surface area contributed by atoms with E-state index in [2.05, 4.69) is 20.5 Å². The van der Waals surface area contributed by atoms with Gasteiger partial charge >= 0.3 is 0 Å². The lowest BCUT2D eigenvalue weighted by Crippen LogP contribution is -2.53. The Morgan fingerprint density at radius 3 is 2.26 bits per heavy atom. The molecule has 2 unspecified atom stereocenters. The first kappa shape index (κ1) is 25.0. The average molecular weight is 502 g/mol. The van der Waals surface area contributed by atoms with Gasteiger partial charge in [0, 0.05) is 49.5 Å². The van der Waals surface area contributed by atoms with Crippen LogP contribution >= 0.6 is 0 Å². The summed E-state index contributed by atoms with van der Waals surface area (Å²) in [6.07, 6.45) is 0.123. The van der Waals surface area contributed by atoms with Crippen LogP contribution in [0.2, 0.25) is 0 Å². The summed E-state index contributed by atoms with van der Waals surface area (Å²) < 4.78 is 33.6. The summed E-state index contributed by atoms with van der Waals surface area (Å²) in [5.41, 5.74) is 7.72. The number of hydrazine groups is 1. The molecule has 0 spiro atoms. The van der Waals surface area contributed by atoms with Crippen molar-refractivity contribution in [1.82, 2.24) is 15.8 Å². The van der Waals surface area contributed by atoms with Crippen molar-refractivity contribution in [2.75, 3.05) is 42.4 Å². The third-order valence-corrected chi connectivity index (χ3v) is 7.78. The van der Waals surface area contributed by atoms with Crippen molar-refractivity contribution in [2.24, 2.45) is 0 Å². The van der Waals surface area contributed by atoms with Crippen LogP contribution in [0.25, 0.3) is 0 Å². The maximum absolute atomic E-state index is 13.0. The fourth-order valence-corrected chi connectivity index (χ4v) is 5.50. The average Bonchev–Trinajstić information content (AvgIpc) is 3.37. The minimum absolute atomic E-state index is 0.0274. The van der Waals surface area contributed by atoms with Crippen LogP contribution in [-0.4, -0.2) is 69.2 Å². The van der Waals surface area contributed by atoms with Gasteiger partial charge in [0.1, 0.15) is 17.2 Å². The Morgan fingerprint density at radius 1 is 1.00 bits per heavy atom. The highest BCUT2D eigenvalue weighted by atomic mass is 32.2. The quantitative estimate of drug-likeness (QED) is 0.467. The molecule has 2 saturated heterocycles. The Balaban J connectivity index is 1.29. The van der Waals surface area contributed by atoms with Gasteiger partial charge in [-0.15, -0.1) is 0 Å². The summed E-state index contributed by atoms with van der Waals surface area (Å²) in [4.78, 5) is 28.4. The first-order valence-electron chi connectivity index (χ1n) is 11.7. The molecule has 3 N–H and O–H groups in total. The topological polar surface area (TPSA) is 120 Å². The summed E-state index contributed by atoms with van der Waals surface area (Å²) >= 11 is 0. The highest BCUT2D eigenvalue weighted by Crippen LogP contribution is 2.22. The molecule has 0 aliphatic carbocycles. The molecule has 0 saturated carbocycles. The number of Topliss-reactive ketones (excluding diaryl/α,β-unsaturated/α-hetero) is 1. The number of hydrogen-bond acceptors (Lipinski definition) is 8. The van der Waals surface area contributed by atoms with E-state index in [9.17, 15) is 18.0 Å². The Labute approximate surface area is 205 Å². The van der Waals surface area contributed by atoms with E-state index in [1.54, 1.807) is 29.2 Å². The SMILES string of the molecule is CCOc1ccc(NS(=O)(=O)C2CC(C(=O)N3CCN(c4ccc(C(C)=O)cc4)CC3)NN2)cc1. The van der Waals surface area contributed by atoms with Gasteiger partial charge in [-0.05, 0) is 62.4 Å². The van der Waals surface area contributed by atoms with E-state index in [-0.39, 0.29) is 18.1 Å². The number of carbonyl (C=O) groups is 2. The number of carbonyl (C=O) groups excluding carboxylic acids is 2. The zero-order valence-corrected chi connectivity index (χ0v) is 20.7. The molecule has 2 aromatic carbocycles. The minimum atomic E-state index is -3.76. The Hall–Kier alpha value is -3.15. The summed E-state index contributed by atoms with van der Waals surface area (Å²) in [5.74, 6) is 0.567. The van der Waals surface area contributed by atoms with Gasteiger partial charge in [-0.2, -0.15) is 0 Å². The molecule has 4 rings (SSSR count). The van der Waals surface area contributed by atoms with Crippen LogP contribution in [0.5, 0.6) is 5.75 Å². The molecule has 35 heavy (non-hydrogen) atoms. The monoisotopic (exact) mass is 501 g/mol. The lowest BCUT2D eigenvalue weighted by molar-refractivity contribution is -0.133. The van der Waals surface area contributed by atoms with Crippen molar-refractivity contribution < 1.29 is 22.7 Å². The predicted molar refractivity (Wildman–Crippen MR) is 134 cm³/mol. The number of nitrogens with one attached hydrogen (secondary N) is 3. The number of hydrogen-bond donors (Lipinski definition) is 3. The molecule has 0 aromatic heterocycles. The van der Waals surface area contributed by atoms with Gasteiger partial charge in [-0.1, -0.05) is 0 Å². The van der Waals surface area contributed by atoms with Gasteiger partial charge in [-0.3, -0.25) is 14.3 Å². The first-order chi connectivity index (χ1) is 16.8. The molecular formula is C24H31N5O5S. The van der Waals surface area contributed by atoms with E-state index in [0.717, 1.165) is 5.69 Å². The van der Waals surface area contributed by atoms with E-state index < -0.39 is 21.4 Å². The second-order valence-corrected chi connectivity index (χ2v) is 10.4. The van der Waals surface area contributed by atoms with Gasteiger partial charge in [0.2, 0.25) is 15.9 Å². The third kappa shape index (κ3) is 5.92. The summed E-state index contributed by atoms with van der Waals surface area (Å²) in [6, 6.07) is 13.5. The Morgan fingerprint density at radius 2 is 1.66 bits per heavy atom. The maximum atomic E-state index is 13.0. The van der Waals surface area contributed by atoms with Crippen molar-refractivity contribution in [1.29, 1.82) is 0 Å². The molecule has 2 fully saturated rings. The molecule has 10 nitrogen and oxygen atoms in total. The number of ether oxygens (including phenoxy) is 1. The number of sulfonamides is 1. The Bertz CT molecular complexity index is 1150. The smallest absolute Gasteiger partial charge is 0.250 e. The van der Waals surface area contributed by atoms with Crippen molar-refractivity contribution in [3.05, 3.63) is 54.1 Å². The molecule has 11 heteroatoms. The fraction of sp³-hybridized carbons (Fsp3) is 0.417. The molecule has 2 aliphatic rings. The number of piperazine rings is 1. The van der Waals surface area contributed by atoms with E-state index >= 15 is 0 Å². The Kier molecular flexibility index (Phi) is 7.58. The number of ketones is 1. The zero-order valence-electron chi connectivity index (χ0n) is 19.9. The second kappa shape index (κ2) is 10.6. The van der Waals surface area contributed by atoms with Crippen molar-refractivity contribution in [2.45, 2.75) is 31.7 Å². The molecular weight excluding hydrogens is 470 g/mol. The van der Waals surface area contributed by atoms with E-state index in [1.165, 1.54) is 6.92 Å². The van der Waals surface area contributed by atoms with E-state index in [4.69, 9.17) is 4.74 Å². The van der Waals surface area contributed by atoms with Gasteiger partial charge in [0.05, 0.1) is 6.61 Å². The highest BCUT2D eigenvalue weighted by molar-refractivity contribution is 7.93. The van der Waals surface area contributed by atoms with Crippen LogP contribution in [0.1, 0.15) is 30.6 Å². The molecule has 2 atom stereocenters. The summed E-state index contributed by atoms with van der Waals surface area (Å²) in [5, 5.41) is -0.941. The van der Waals surface area contributed by atoms with Crippen molar-refractivity contribution >= 4 is 33.1 Å². The van der Waals surface area contributed by atoms with Crippen molar-refractivity contribution in [3.8, 4) is 5.75 Å². The molecule has 0 radical (unpaired) electrons. The molecule has 2 aliphatic heterocycles. The number of rotatable bonds is 8. The van der Waals surface area contributed by atoms with E-state index in [0.29, 0.717) is 49.8 Å². The van der Waals surface area contributed by atoms with Crippen LogP contribution < -0.4 is 25.2 Å². The highest BCUT2D eigenvalue weighted by Gasteiger charge is 2.39. The largest absolute Gasteiger partial charge is 0.494 e. The van der Waals surface area contributed by atoms with E-state index in [1.807, 2.05) is 31.2 Å². The second-order valence-electron chi connectivity index (χ2n) is 8.59. The zero-order chi connectivity index (χ0) is 25.0. The van der Waals surface area contributed by atoms with Crippen LogP contribution in [0.3, 0.4) is 0 Å². The van der Waals surface area contributed by atoms with Gasteiger partial charge < -0.3 is 14.5 Å². The summed E-state index contributed by atoms with van der Waals surface area (Å²) in [7, 11) is -3.76. The van der Waals surface area contributed by atoms with Gasteiger partial charge in [0.15, 0.2) is 5.78 Å². The van der Waals surface area contributed by atoms with Crippen LogP contribution in [0, 0.1) is 0 Å². The molecule has 2 aromatic rings. The molecule has 0 bridgehead atoms. The fourth-order valence-electron chi connectivity index (χ4n) is 4.23. The van der Waals surface area contributed by atoms with Crippen LogP contribution in [0.4, 0.5) is 11.4 Å². The third-order valence-electron chi connectivity index (χ3n) is 6.20. The number of nitrogens with zero attached hydrogens (tertiary/aromatic N) is 2. The van der Waals surface area contributed by atoms with Crippen LogP contribution in [-0.2, 0) is 14.8 Å². The molecule has 188 valence electrons. The molecule has 1 amide bonds. The maximum Gasteiger partial charge on any atom is 0.250 e. The minimum Gasteiger partial charge on any atom is -0.494 e. The lowest BCUT2D eigenvalue weighted by atomic mass is 10.1. The van der Waals surface area contributed by atoms with Gasteiger partial charge in [-0.25, -0.2) is 19.3 Å². The van der Waals surface area contributed by atoms with Crippen molar-refractivity contribution in [3.63, 3.8) is 0 Å². The first-order valence-corrected chi connectivity index (χ1v) is 13.2.